The second kappa shape index (κ2) is 12.7. The highest BCUT2D eigenvalue weighted by molar-refractivity contribution is 6.42. The quantitative estimate of drug-likeness (QED) is 0.219. The molecule has 3 aromatic carbocycles. The van der Waals surface area contributed by atoms with Crippen LogP contribution in [-0.4, -0.2) is 41.0 Å². The van der Waals surface area contributed by atoms with Crippen LogP contribution in [0.5, 0.6) is 0 Å². The van der Waals surface area contributed by atoms with Gasteiger partial charge in [-0.3, -0.25) is 0 Å². The number of carboxylic acids is 1. The maximum absolute atomic E-state index is 13.6. The molecule has 5 nitrogen and oxygen atoms in total. The molecule has 210 valence electrons. The fourth-order valence-corrected chi connectivity index (χ4v) is 4.59. The standard InChI is InChI=1S/C29H30Cl2F3NO4/c1-17(39-16-20(36)15-35-28(2,3)14-18-8-11-25(30)26(31)12-18)21-6-4-5-7-22(21)19-9-10-23(27(37)38)24(13-19)29(32,33)34/h4-13,17,20,35-36H,14-16H2,1-3H3,(H,37,38)/t17-,20-/m1/s1. The number of rotatable bonds is 11. The van der Waals surface area contributed by atoms with E-state index in [9.17, 15) is 28.2 Å². The first-order valence-electron chi connectivity index (χ1n) is 12.2. The molecule has 0 aliphatic rings. The number of ether oxygens (including phenoxy) is 1. The zero-order valence-electron chi connectivity index (χ0n) is 21.7. The third-order valence-corrected chi connectivity index (χ3v) is 6.99. The minimum atomic E-state index is -4.83. The molecule has 0 bridgehead atoms. The molecule has 0 aliphatic heterocycles. The number of hydrogen-bond acceptors (Lipinski definition) is 4. The fourth-order valence-electron chi connectivity index (χ4n) is 4.27. The monoisotopic (exact) mass is 583 g/mol. The highest BCUT2D eigenvalue weighted by Gasteiger charge is 2.36. The Labute approximate surface area is 235 Å². The summed E-state index contributed by atoms with van der Waals surface area (Å²) in [4.78, 5) is 11.3. The van der Waals surface area contributed by atoms with Crippen molar-refractivity contribution in [3.8, 4) is 11.1 Å². The molecule has 0 saturated heterocycles. The Bertz CT molecular complexity index is 1310. The van der Waals surface area contributed by atoms with Crippen molar-refractivity contribution < 1.29 is 32.9 Å². The Balaban J connectivity index is 1.66. The van der Waals surface area contributed by atoms with Gasteiger partial charge in [-0.05, 0) is 73.7 Å². The van der Waals surface area contributed by atoms with Gasteiger partial charge >= 0.3 is 12.1 Å². The van der Waals surface area contributed by atoms with Crippen LogP contribution in [0.3, 0.4) is 0 Å². The van der Waals surface area contributed by atoms with Crippen LogP contribution >= 0.6 is 23.2 Å². The number of β-amino-alcohol motifs (C(OH)–C–C–N with tert-alkyl or cyclic N) is 1. The minimum absolute atomic E-state index is 0.0168. The second-order valence-electron chi connectivity index (χ2n) is 9.97. The van der Waals surface area contributed by atoms with Crippen LogP contribution in [0.25, 0.3) is 11.1 Å². The van der Waals surface area contributed by atoms with Crippen molar-refractivity contribution in [2.75, 3.05) is 13.2 Å². The fraction of sp³-hybridized carbons (Fsp3) is 0.345. The molecule has 3 N–H and O–H groups in total. The molecule has 0 spiro atoms. The first kappa shape index (κ1) is 30.9. The predicted molar refractivity (Wildman–Crippen MR) is 146 cm³/mol. The van der Waals surface area contributed by atoms with Gasteiger partial charge in [0.1, 0.15) is 0 Å². The van der Waals surface area contributed by atoms with Crippen molar-refractivity contribution in [2.24, 2.45) is 0 Å². The molecule has 0 radical (unpaired) electrons. The summed E-state index contributed by atoms with van der Waals surface area (Å²) in [6.07, 6.45) is -5.60. The number of aliphatic hydroxyl groups excluding tert-OH is 1. The largest absolute Gasteiger partial charge is 0.478 e. The van der Waals surface area contributed by atoms with E-state index in [4.69, 9.17) is 27.9 Å². The van der Waals surface area contributed by atoms with Gasteiger partial charge in [-0.2, -0.15) is 13.2 Å². The summed E-state index contributed by atoms with van der Waals surface area (Å²) in [6.45, 7) is 5.95. The first-order valence-corrected chi connectivity index (χ1v) is 13.0. The number of nitrogens with one attached hydrogen (secondary N) is 1. The highest BCUT2D eigenvalue weighted by atomic mass is 35.5. The molecule has 10 heteroatoms. The molecule has 0 aromatic heterocycles. The van der Waals surface area contributed by atoms with Crippen molar-refractivity contribution in [3.63, 3.8) is 0 Å². The van der Waals surface area contributed by atoms with Gasteiger partial charge in [-0.25, -0.2) is 4.79 Å². The van der Waals surface area contributed by atoms with Crippen LogP contribution in [-0.2, 0) is 17.3 Å². The van der Waals surface area contributed by atoms with E-state index >= 15 is 0 Å². The minimum Gasteiger partial charge on any atom is -0.478 e. The summed E-state index contributed by atoms with van der Waals surface area (Å²) >= 11 is 12.1. The molecule has 0 unspecified atom stereocenters. The number of halogens is 5. The van der Waals surface area contributed by atoms with Gasteiger partial charge < -0.3 is 20.3 Å². The molecule has 0 saturated carbocycles. The van der Waals surface area contributed by atoms with Gasteiger partial charge in [-0.1, -0.05) is 59.6 Å². The summed E-state index contributed by atoms with van der Waals surface area (Å²) in [5.41, 5.74) is -0.120. The lowest BCUT2D eigenvalue weighted by atomic mass is 9.93. The summed E-state index contributed by atoms with van der Waals surface area (Å²) in [5, 5.41) is 24.0. The Hall–Kier alpha value is -2.62. The van der Waals surface area contributed by atoms with Gasteiger partial charge in [0.05, 0.1) is 40.0 Å². The molecule has 2 atom stereocenters. The number of aliphatic hydroxyl groups is 1. The molecule has 3 aromatic rings. The van der Waals surface area contributed by atoms with E-state index in [1.807, 2.05) is 19.9 Å². The van der Waals surface area contributed by atoms with Crippen molar-refractivity contribution in [3.05, 3.63) is 93.0 Å². The van der Waals surface area contributed by atoms with Gasteiger partial charge in [0.2, 0.25) is 0 Å². The molecule has 0 fully saturated rings. The van der Waals surface area contributed by atoms with Crippen LogP contribution < -0.4 is 5.32 Å². The zero-order chi connectivity index (χ0) is 29.0. The van der Waals surface area contributed by atoms with Crippen LogP contribution in [0.15, 0.2) is 60.7 Å². The lowest BCUT2D eigenvalue weighted by Crippen LogP contribution is -2.46. The molecule has 0 heterocycles. The summed E-state index contributed by atoms with van der Waals surface area (Å²) in [5.74, 6) is -1.65. The summed E-state index contributed by atoms with van der Waals surface area (Å²) in [6, 6.07) is 15.4. The van der Waals surface area contributed by atoms with E-state index in [2.05, 4.69) is 5.32 Å². The van der Waals surface area contributed by atoms with Gasteiger partial charge in [0, 0.05) is 12.1 Å². The predicted octanol–water partition coefficient (Wildman–Crippen LogP) is 7.43. The van der Waals surface area contributed by atoms with Crippen molar-refractivity contribution >= 4 is 29.2 Å². The maximum Gasteiger partial charge on any atom is 0.417 e. The van der Waals surface area contributed by atoms with Crippen LogP contribution in [0.1, 0.15) is 53.9 Å². The van der Waals surface area contributed by atoms with E-state index < -0.39 is 35.5 Å². The topological polar surface area (TPSA) is 78.8 Å². The molecule has 39 heavy (non-hydrogen) atoms. The van der Waals surface area contributed by atoms with E-state index in [1.165, 1.54) is 6.07 Å². The molecule has 0 aliphatic carbocycles. The zero-order valence-corrected chi connectivity index (χ0v) is 23.2. The Morgan fingerprint density at radius 2 is 1.72 bits per heavy atom. The molecule has 3 rings (SSSR count). The van der Waals surface area contributed by atoms with Gasteiger partial charge in [-0.15, -0.1) is 0 Å². The lowest BCUT2D eigenvalue weighted by Gasteiger charge is -2.28. The highest BCUT2D eigenvalue weighted by Crippen LogP contribution is 2.37. The smallest absolute Gasteiger partial charge is 0.417 e. The Morgan fingerprint density at radius 1 is 1.03 bits per heavy atom. The third kappa shape index (κ3) is 8.43. The molecule has 0 amide bonds. The van der Waals surface area contributed by atoms with Crippen molar-refractivity contribution in [1.82, 2.24) is 5.32 Å². The van der Waals surface area contributed by atoms with E-state index in [0.717, 1.165) is 17.7 Å². The van der Waals surface area contributed by atoms with Crippen molar-refractivity contribution in [1.29, 1.82) is 0 Å². The van der Waals surface area contributed by atoms with Crippen molar-refractivity contribution in [2.45, 2.75) is 51.1 Å². The number of benzene rings is 3. The second-order valence-corrected chi connectivity index (χ2v) is 10.8. The maximum atomic E-state index is 13.6. The molecular formula is C29H30Cl2F3NO4. The molecular weight excluding hydrogens is 554 g/mol. The Morgan fingerprint density at radius 3 is 2.36 bits per heavy atom. The summed E-state index contributed by atoms with van der Waals surface area (Å²) < 4.78 is 46.5. The van der Waals surface area contributed by atoms with E-state index in [-0.39, 0.29) is 24.3 Å². The van der Waals surface area contributed by atoms with E-state index in [1.54, 1.807) is 43.3 Å². The number of aromatic carboxylic acids is 1. The number of carboxylic acid groups (broad SMARTS) is 1. The average molecular weight is 584 g/mol. The lowest BCUT2D eigenvalue weighted by molar-refractivity contribution is -0.138. The average Bonchev–Trinajstić information content (AvgIpc) is 2.87. The first-order chi connectivity index (χ1) is 18.2. The van der Waals surface area contributed by atoms with Gasteiger partial charge in [0.15, 0.2) is 0 Å². The Kier molecular flexibility index (Phi) is 10.1. The van der Waals surface area contributed by atoms with Crippen LogP contribution in [0.2, 0.25) is 10.0 Å². The number of alkyl halides is 3. The normalized spacial score (nSPS) is 13.8. The van der Waals surface area contributed by atoms with Crippen LogP contribution in [0, 0.1) is 0 Å². The number of hydrogen-bond donors (Lipinski definition) is 3. The van der Waals surface area contributed by atoms with Gasteiger partial charge in [0.25, 0.3) is 0 Å². The van der Waals surface area contributed by atoms with Crippen LogP contribution in [0.4, 0.5) is 13.2 Å². The SMILES string of the molecule is C[C@@H](OC[C@H](O)CNC(C)(C)Cc1ccc(Cl)c(Cl)c1)c1ccccc1-c1ccc(C(=O)O)c(C(F)(F)F)c1. The van der Waals surface area contributed by atoms with E-state index in [0.29, 0.717) is 27.6 Å². The number of carbonyl (C=O) groups is 1. The summed E-state index contributed by atoms with van der Waals surface area (Å²) in [7, 11) is 0. The third-order valence-electron chi connectivity index (χ3n) is 6.25.